The lowest BCUT2D eigenvalue weighted by atomic mass is 9.84. The number of hydrazine groups is 1. The topological polar surface area (TPSA) is 155 Å². The molecule has 2 aromatic carbocycles. The number of cyclic esters (lactones) is 1. The van der Waals surface area contributed by atoms with Crippen LogP contribution >= 0.6 is 0 Å². The average molecular weight is 924 g/mol. The van der Waals surface area contributed by atoms with Gasteiger partial charge in [0.25, 0.3) is 11.8 Å². The molecule has 0 radical (unpaired) electrons. The maximum absolute atomic E-state index is 16.3. The fraction of sp³-hybridized carbons (Fsp3) is 0.490. The molecule has 4 aromatic rings. The van der Waals surface area contributed by atoms with Gasteiger partial charge in [-0.25, -0.2) is 14.2 Å². The van der Waals surface area contributed by atoms with Gasteiger partial charge in [0.05, 0.1) is 37.2 Å². The van der Waals surface area contributed by atoms with Gasteiger partial charge in [-0.3, -0.25) is 34.0 Å². The van der Waals surface area contributed by atoms with Gasteiger partial charge in [0.15, 0.2) is 6.17 Å². The second-order valence-corrected chi connectivity index (χ2v) is 19.2. The Morgan fingerprint density at radius 1 is 1.10 bits per heavy atom. The summed E-state index contributed by atoms with van der Waals surface area (Å²) in [5.41, 5.74) is 6.77. The van der Waals surface area contributed by atoms with Crippen molar-refractivity contribution in [2.24, 2.45) is 11.3 Å². The van der Waals surface area contributed by atoms with E-state index in [1.165, 1.54) is 12.1 Å². The van der Waals surface area contributed by atoms with Gasteiger partial charge >= 0.3 is 5.97 Å². The molecule has 2 N–H and O–H groups in total. The Bertz CT molecular complexity index is 2560. The SMILES string of the molecule is C=CC(=O)N1C[C@H](F)[C@](F)(C(=O)N(C)C(C(=O)N[C@H]2Cc3cccc(c3)-c3ccc4c(c3)c(c(-c3cccnc3[C@H](C)OC)n4CC)CC(C)(C)COC(=O)[C@@H]3CCCN(N3)C2=O)C(C)C)C1. The van der Waals surface area contributed by atoms with Gasteiger partial charge in [-0.1, -0.05) is 64.6 Å². The van der Waals surface area contributed by atoms with Crippen LogP contribution in [0.2, 0.25) is 0 Å². The third-order valence-corrected chi connectivity index (χ3v) is 13.4. The number of carbonyl (C=O) groups excluding carboxylic acids is 5. The quantitative estimate of drug-likeness (QED) is 0.138. The van der Waals surface area contributed by atoms with Gasteiger partial charge < -0.3 is 29.2 Å². The molecule has 2 fully saturated rings. The summed E-state index contributed by atoms with van der Waals surface area (Å²) in [6, 6.07) is 14.6. The van der Waals surface area contributed by atoms with Crippen molar-refractivity contribution >= 4 is 40.5 Å². The van der Waals surface area contributed by atoms with Crippen molar-refractivity contribution in [2.45, 2.75) is 110 Å². The number of pyridine rings is 1. The van der Waals surface area contributed by atoms with E-state index in [2.05, 4.69) is 66.9 Å². The lowest BCUT2D eigenvalue weighted by molar-refractivity contribution is -0.155. The minimum absolute atomic E-state index is 0.00587. The van der Waals surface area contributed by atoms with Crippen molar-refractivity contribution < 1.29 is 42.2 Å². The first-order valence-electron chi connectivity index (χ1n) is 23.1. The van der Waals surface area contributed by atoms with E-state index in [9.17, 15) is 24.0 Å². The number of nitrogens with zero attached hydrogens (tertiary/aromatic N) is 5. The molecule has 2 aromatic heterocycles. The summed E-state index contributed by atoms with van der Waals surface area (Å²) < 4.78 is 45.8. The average Bonchev–Trinajstić information content (AvgIpc) is 3.80. The van der Waals surface area contributed by atoms with Gasteiger partial charge in [0.2, 0.25) is 17.5 Å². The van der Waals surface area contributed by atoms with E-state index in [1.54, 1.807) is 27.2 Å². The summed E-state index contributed by atoms with van der Waals surface area (Å²) in [6.07, 6.45) is 1.49. The van der Waals surface area contributed by atoms with Crippen molar-refractivity contribution in [3.8, 4) is 22.4 Å². The summed E-state index contributed by atoms with van der Waals surface area (Å²) in [4.78, 5) is 75.6. The number of amides is 4. The number of halogens is 2. The van der Waals surface area contributed by atoms with E-state index >= 15 is 8.78 Å². The number of ether oxygens (including phenoxy) is 2. The Kier molecular flexibility index (Phi) is 14.4. The number of rotatable bonds is 10. The second kappa shape index (κ2) is 19.7. The standard InChI is InChI=1S/C51H63F2N7O7/c1-10-42(61)58-27-41(52)51(53,28-58)49(65)57(8)44(30(3)4)46(62)55-39-24-32-15-12-16-33(23-32)34-19-20-40-36(25-34)37(45(59(40)11-2)35-17-13-21-54-43(35)31(5)66-9)26-50(6,7)29-67-48(64)38-18-14-22-60(56-38)47(39)63/h10,12-13,15-17,19-21,23,25,30-31,38-39,41,44,56H,1,11,14,18,22,24,26-29H2,2-9H3,(H,55,62)/t31-,38-,39-,41-,44?,51-/m0/s1. The molecule has 6 atom stereocenters. The molecule has 14 nitrogen and oxygen atoms in total. The number of likely N-dealkylation sites (N-methyl/N-ethyl adjacent to an activating group) is 1. The summed E-state index contributed by atoms with van der Waals surface area (Å²) >= 11 is 0. The number of likely N-dealkylation sites (tertiary alicyclic amines) is 1. The van der Waals surface area contributed by atoms with E-state index in [4.69, 9.17) is 14.5 Å². The zero-order chi connectivity index (χ0) is 48.5. The number of hydrogen-bond donors (Lipinski definition) is 2. The first-order chi connectivity index (χ1) is 31.8. The molecule has 7 rings (SSSR count). The third-order valence-electron chi connectivity index (χ3n) is 13.4. The van der Waals surface area contributed by atoms with Crippen LogP contribution in [0.4, 0.5) is 8.78 Å². The molecule has 0 saturated carbocycles. The minimum atomic E-state index is -3.11. The highest BCUT2D eigenvalue weighted by molar-refractivity contribution is 5.97. The zero-order valence-corrected chi connectivity index (χ0v) is 39.7. The van der Waals surface area contributed by atoms with Crippen LogP contribution in [0, 0.1) is 11.3 Å². The predicted octanol–water partition coefficient (Wildman–Crippen LogP) is 6.30. The Balaban J connectivity index is 1.30. The molecule has 3 aliphatic rings. The summed E-state index contributed by atoms with van der Waals surface area (Å²) in [6.45, 7) is 14.4. The van der Waals surface area contributed by atoms with Gasteiger partial charge in [-0.15, -0.1) is 0 Å². The predicted molar refractivity (Wildman–Crippen MR) is 251 cm³/mol. The molecular weight excluding hydrogens is 861 g/mol. The third kappa shape index (κ3) is 9.73. The first-order valence-corrected chi connectivity index (χ1v) is 23.1. The number of aromatic nitrogens is 2. The normalized spacial score (nSPS) is 23.1. The molecule has 0 spiro atoms. The van der Waals surface area contributed by atoms with Gasteiger partial charge in [-0.05, 0) is 91.6 Å². The maximum atomic E-state index is 16.3. The smallest absolute Gasteiger partial charge is 0.324 e. The van der Waals surface area contributed by atoms with Gasteiger partial charge in [0.1, 0.15) is 18.1 Å². The number of esters is 1. The number of fused-ring (bicyclic) bond motifs is 6. The van der Waals surface area contributed by atoms with E-state index < -0.39 is 84.0 Å². The highest BCUT2D eigenvalue weighted by atomic mass is 19.2. The molecule has 67 heavy (non-hydrogen) atoms. The molecule has 2 saturated heterocycles. The molecule has 16 heteroatoms. The van der Waals surface area contributed by atoms with E-state index in [1.807, 2.05) is 37.3 Å². The molecular formula is C51H63F2N7O7. The van der Waals surface area contributed by atoms with Crippen LogP contribution in [0.3, 0.4) is 0 Å². The molecule has 5 heterocycles. The zero-order valence-electron chi connectivity index (χ0n) is 39.7. The van der Waals surface area contributed by atoms with Crippen molar-refractivity contribution in [3.05, 3.63) is 90.3 Å². The lowest BCUT2D eigenvalue weighted by Gasteiger charge is -2.37. The lowest BCUT2D eigenvalue weighted by Crippen LogP contribution is -2.63. The minimum Gasteiger partial charge on any atom is -0.464 e. The monoisotopic (exact) mass is 923 g/mol. The molecule has 4 amide bonds. The largest absolute Gasteiger partial charge is 0.464 e. The summed E-state index contributed by atoms with van der Waals surface area (Å²) in [5.74, 6) is -4.46. The molecule has 0 aliphatic carbocycles. The molecule has 6 bridgehead atoms. The maximum Gasteiger partial charge on any atom is 0.324 e. The molecule has 3 aliphatic heterocycles. The number of methoxy groups -OCH3 is 1. The second-order valence-electron chi connectivity index (χ2n) is 19.2. The highest BCUT2D eigenvalue weighted by Gasteiger charge is 2.57. The number of benzene rings is 2. The summed E-state index contributed by atoms with van der Waals surface area (Å²) in [5, 5.41) is 5.22. The van der Waals surface area contributed by atoms with Gasteiger partial charge in [-0.2, -0.15) is 0 Å². The summed E-state index contributed by atoms with van der Waals surface area (Å²) in [7, 11) is 2.88. The number of carbonyl (C=O) groups is 5. The Hall–Kier alpha value is -6.00. The van der Waals surface area contributed by atoms with Crippen LogP contribution in [0.5, 0.6) is 0 Å². The number of alkyl halides is 2. The molecule has 358 valence electrons. The van der Waals surface area contributed by atoms with Crippen molar-refractivity contribution in [1.29, 1.82) is 0 Å². The number of hydrogen-bond acceptors (Lipinski definition) is 9. The van der Waals surface area contributed by atoms with Crippen LogP contribution in [0.25, 0.3) is 33.3 Å². The fourth-order valence-electron chi connectivity index (χ4n) is 9.87. The van der Waals surface area contributed by atoms with Gasteiger partial charge in [0, 0.05) is 61.7 Å². The van der Waals surface area contributed by atoms with Crippen LogP contribution in [0.15, 0.2) is 73.4 Å². The van der Waals surface area contributed by atoms with E-state index in [0.717, 1.165) is 60.4 Å². The fourth-order valence-corrected chi connectivity index (χ4v) is 9.87. The van der Waals surface area contributed by atoms with Crippen molar-refractivity contribution in [1.82, 2.24) is 35.1 Å². The van der Waals surface area contributed by atoms with E-state index in [-0.39, 0.29) is 25.7 Å². The van der Waals surface area contributed by atoms with Crippen LogP contribution in [-0.4, -0.2) is 124 Å². The first kappa shape index (κ1) is 48.9. The highest BCUT2D eigenvalue weighted by Crippen LogP contribution is 2.42. The van der Waals surface area contributed by atoms with Crippen molar-refractivity contribution in [3.63, 3.8) is 0 Å². The number of nitrogens with one attached hydrogen (secondary N) is 2. The Labute approximate surface area is 391 Å². The van der Waals surface area contributed by atoms with Crippen LogP contribution < -0.4 is 10.7 Å². The number of aryl methyl sites for hydroxylation is 1. The van der Waals surface area contributed by atoms with Crippen LogP contribution in [-0.2, 0) is 52.8 Å². The van der Waals surface area contributed by atoms with Crippen LogP contribution in [0.1, 0.15) is 77.3 Å². The Morgan fingerprint density at radius 3 is 2.55 bits per heavy atom. The van der Waals surface area contributed by atoms with E-state index in [0.29, 0.717) is 31.4 Å². The molecule has 1 unspecified atom stereocenters. The Morgan fingerprint density at radius 2 is 1.85 bits per heavy atom. The van der Waals surface area contributed by atoms with Crippen molar-refractivity contribution in [2.75, 3.05) is 40.4 Å².